The number of anilines is 2. The minimum Gasteiger partial charge on any atom is -0.370 e. The third-order valence-corrected chi connectivity index (χ3v) is 3.96. The number of benzene rings is 1. The Balaban J connectivity index is 2.24. The molecule has 0 radical (unpaired) electrons. The molecule has 1 amide bonds. The van der Waals surface area contributed by atoms with Crippen molar-refractivity contribution in [2.75, 3.05) is 23.3 Å². The number of amides is 1. The molecule has 1 aliphatic heterocycles. The van der Waals surface area contributed by atoms with Crippen molar-refractivity contribution in [2.24, 2.45) is 0 Å². The topological polar surface area (TPSA) is 32.3 Å². The molecule has 1 fully saturated rings. The number of alkyl halides is 1. The Morgan fingerprint density at radius 3 is 2.50 bits per heavy atom. The Morgan fingerprint density at radius 1 is 1.25 bits per heavy atom. The first-order valence-electron chi connectivity index (χ1n) is 7.07. The van der Waals surface area contributed by atoms with Crippen LogP contribution in [-0.4, -0.2) is 24.4 Å². The Labute approximate surface area is 130 Å². The van der Waals surface area contributed by atoms with Crippen LogP contribution in [0.25, 0.3) is 0 Å². The molecule has 3 nitrogen and oxygen atoms in total. The van der Waals surface area contributed by atoms with Crippen LogP contribution in [0.2, 0.25) is 5.02 Å². The lowest BCUT2D eigenvalue weighted by Gasteiger charge is -2.26. The number of halogens is 2. The van der Waals surface area contributed by atoms with Crippen LogP contribution in [0.5, 0.6) is 0 Å². The summed E-state index contributed by atoms with van der Waals surface area (Å²) in [4.78, 5) is 14.1. The van der Waals surface area contributed by atoms with Crippen LogP contribution in [-0.2, 0) is 4.79 Å². The smallest absolute Gasteiger partial charge is 0.242 e. The maximum atomic E-state index is 11.8. The van der Waals surface area contributed by atoms with Gasteiger partial charge in [0.1, 0.15) is 5.38 Å². The molecule has 5 heteroatoms. The number of nitrogens with one attached hydrogen (secondary N) is 1. The summed E-state index contributed by atoms with van der Waals surface area (Å²) in [5.41, 5.74) is 1.78. The molecule has 1 N–H and O–H groups in total. The molecule has 0 aliphatic carbocycles. The highest BCUT2D eigenvalue weighted by Crippen LogP contribution is 2.31. The second kappa shape index (κ2) is 7.19. The molecule has 110 valence electrons. The lowest BCUT2D eigenvalue weighted by Crippen LogP contribution is -2.27. The Bertz CT molecular complexity index is 469. The van der Waals surface area contributed by atoms with E-state index in [1.54, 1.807) is 13.0 Å². The van der Waals surface area contributed by atoms with Gasteiger partial charge >= 0.3 is 0 Å². The Hall–Kier alpha value is -0.930. The lowest BCUT2D eigenvalue weighted by molar-refractivity contribution is -0.115. The van der Waals surface area contributed by atoms with E-state index >= 15 is 0 Å². The van der Waals surface area contributed by atoms with Crippen LogP contribution in [0, 0.1) is 0 Å². The fourth-order valence-corrected chi connectivity index (χ4v) is 2.65. The average molecular weight is 315 g/mol. The maximum Gasteiger partial charge on any atom is 0.242 e. The maximum absolute atomic E-state index is 11.8. The molecule has 0 aromatic heterocycles. The number of nitrogens with zero attached hydrogens (tertiary/aromatic N) is 1. The summed E-state index contributed by atoms with van der Waals surface area (Å²) in [5.74, 6) is -0.204. The summed E-state index contributed by atoms with van der Waals surface area (Å²) in [6.45, 7) is 3.69. The molecule has 0 bridgehead atoms. The molecule has 1 atom stereocenters. The molecule has 0 spiro atoms. The van der Waals surface area contributed by atoms with Gasteiger partial charge in [0.2, 0.25) is 5.91 Å². The van der Waals surface area contributed by atoms with Gasteiger partial charge in [0.05, 0.1) is 11.4 Å². The van der Waals surface area contributed by atoms with Crippen molar-refractivity contribution in [2.45, 2.75) is 38.0 Å². The summed E-state index contributed by atoms with van der Waals surface area (Å²) >= 11 is 11.9. The lowest BCUT2D eigenvalue weighted by atomic mass is 10.2. The number of carbonyl (C=O) groups excluding carboxylic acids is 1. The first-order chi connectivity index (χ1) is 9.58. The third-order valence-electron chi connectivity index (χ3n) is 3.52. The van der Waals surface area contributed by atoms with Crippen LogP contribution in [0.1, 0.15) is 32.6 Å². The van der Waals surface area contributed by atoms with Crippen LogP contribution in [0.15, 0.2) is 18.2 Å². The molecule has 1 unspecified atom stereocenters. The standard InChI is InChI=1S/C15H20Cl2N2O/c1-11(16)15(20)18-13-10-12(17)6-7-14(13)19-8-4-2-3-5-9-19/h6-7,10-11H,2-5,8-9H2,1H3,(H,18,20). The summed E-state index contributed by atoms with van der Waals surface area (Å²) in [6.07, 6.45) is 4.90. The molecule has 2 rings (SSSR count). The SMILES string of the molecule is CC(Cl)C(=O)Nc1cc(Cl)ccc1N1CCCCCC1. The normalized spacial score (nSPS) is 17.4. The van der Waals surface area contributed by atoms with E-state index in [2.05, 4.69) is 10.2 Å². The highest BCUT2D eigenvalue weighted by molar-refractivity contribution is 6.33. The number of hydrogen-bond donors (Lipinski definition) is 1. The summed E-state index contributed by atoms with van der Waals surface area (Å²) in [6, 6.07) is 5.63. The van der Waals surface area contributed by atoms with Crippen molar-refractivity contribution in [3.8, 4) is 0 Å². The molecular formula is C15H20Cl2N2O. The average Bonchev–Trinajstić information content (AvgIpc) is 2.67. The van der Waals surface area contributed by atoms with Crippen LogP contribution >= 0.6 is 23.2 Å². The fraction of sp³-hybridized carbons (Fsp3) is 0.533. The van der Waals surface area contributed by atoms with Gasteiger partial charge < -0.3 is 10.2 Å². The summed E-state index contributed by atoms with van der Waals surface area (Å²) < 4.78 is 0. The van der Waals surface area contributed by atoms with Gasteiger partial charge in [-0.3, -0.25) is 4.79 Å². The summed E-state index contributed by atoms with van der Waals surface area (Å²) in [5, 5.41) is 2.92. The van der Waals surface area contributed by atoms with E-state index in [4.69, 9.17) is 23.2 Å². The third kappa shape index (κ3) is 4.03. The monoisotopic (exact) mass is 314 g/mol. The van der Waals surface area contributed by atoms with Gasteiger partial charge in [0.15, 0.2) is 0 Å². The van der Waals surface area contributed by atoms with Gasteiger partial charge in [0, 0.05) is 18.1 Å². The van der Waals surface area contributed by atoms with Gasteiger partial charge in [-0.1, -0.05) is 24.4 Å². The van der Waals surface area contributed by atoms with Crippen LogP contribution in [0.4, 0.5) is 11.4 Å². The van der Waals surface area contributed by atoms with Gasteiger partial charge in [-0.05, 0) is 38.0 Å². The van der Waals surface area contributed by atoms with E-state index in [9.17, 15) is 4.79 Å². The summed E-state index contributed by atoms with van der Waals surface area (Å²) in [7, 11) is 0. The molecule has 1 aliphatic rings. The molecule has 1 saturated heterocycles. The highest BCUT2D eigenvalue weighted by Gasteiger charge is 2.17. The Morgan fingerprint density at radius 2 is 1.90 bits per heavy atom. The number of carbonyl (C=O) groups is 1. The van der Waals surface area contributed by atoms with E-state index in [1.807, 2.05) is 12.1 Å². The largest absolute Gasteiger partial charge is 0.370 e. The minimum absolute atomic E-state index is 0.204. The van der Waals surface area contributed by atoms with Crippen molar-refractivity contribution in [1.29, 1.82) is 0 Å². The zero-order valence-electron chi connectivity index (χ0n) is 11.7. The fourth-order valence-electron chi connectivity index (χ4n) is 2.43. The quantitative estimate of drug-likeness (QED) is 0.844. The zero-order chi connectivity index (χ0) is 14.5. The van der Waals surface area contributed by atoms with Gasteiger partial charge in [-0.25, -0.2) is 0 Å². The second-order valence-electron chi connectivity index (χ2n) is 5.17. The van der Waals surface area contributed by atoms with E-state index in [-0.39, 0.29) is 5.91 Å². The molecule has 20 heavy (non-hydrogen) atoms. The van der Waals surface area contributed by atoms with Crippen molar-refractivity contribution < 1.29 is 4.79 Å². The Kier molecular flexibility index (Phi) is 5.55. The van der Waals surface area contributed by atoms with E-state index in [0.29, 0.717) is 5.02 Å². The number of hydrogen-bond acceptors (Lipinski definition) is 2. The van der Waals surface area contributed by atoms with Gasteiger partial charge in [-0.2, -0.15) is 0 Å². The minimum atomic E-state index is -0.564. The molecule has 1 heterocycles. The van der Waals surface area contributed by atoms with Crippen molar-refractivity contribution >= 4 is 40.5 Å². The van der Waals surface area contributed by atoms with E-state index in [1.165, 1.54) is 25.7 Å². The molecule has 0 saturated carbocycles. The first-order valence-corrected chi connectivity index (χ1v) is 7.89. The van der Waals surface area contributed by atoms with Crippen LogP contribution in [0.3, 0.4) is 0 Å². The highest BCUT2D eigenvalue weighted by atomic mass is 35.5. The first kappa shape index (κ1) is 15.5. The number of rotatable bonds is 3. The van der Waals surface area contributed by atoms with Crippen LogP contribution < -0.4 is 10.2 Å². The van der Waals surface area contributed by atoms with Gasteiger partial charge in [0.25, 0.3) is 0 Å². The van der Waals surface area contributed by atoms with Crippen molar-refractivity contribution in [3.63, 3.8) is 0 Å². The predicted octanol–water partition coefficient (Wildman–Crippen LogP) is 4.29. The predicted molar refractivity (Wildman–Crippen MR) is 86.1 cm³/mol. The van der Waals surface area contributed by atoms with E-state index in [0.717, 1.165) is 24.5 Å². The second-order valence-corrected chi connectivity index (χ2v) is 6.26. The zero-order valence-corrected chi connectivity index (χ0v) is 13.2. The molecule has 1 aromatic carbocycles. The van der Waals surface area contributed by atoms with Crippen molar-refractivity contribution in [3.05, 3.63) is 23.2 Å². The van der Waals surface area contributed by atoms with Crippen molar-refractivity contribution in [1.82, 2.24) is 0 Å². The molecular weight excluding hydrogens is 295 g/mol. The molecule has 1 aromatic rings. The van der Waals surface area contributed by atoms with E-state index < -0.39 is 5.38 Å². The van der Waals surface area contributed by atoms with Gasteiger partial charge in [-0.15, -0.1) is 11.6 Å².